The lowest BCUT2D eigenvalue weighted by Crippen LogP contribution is -1.98. The van der Waals surface area contributed by atoms with Crippen LogP contribution in [0.2, 0.25) is 0 Å². The van der Waals surface area contributed by atoms with Gasteiger partial charge < -0.3 is 9.84 Å². The maximum absolute atomic E-state index is 10.2. The molecule has 1 aliphatic heterocycles. The van der Waals surface area contributed by atoms with E-state index in [0.29, 0.717) is 12.2 Å². The third kappa shape index (κ3) is 4.27. The molecule has 3 nitrogen and oxygen atoms in total. The second kappa shape index (κ2) is 5.22. The Morgan fingerprint density at radius 2 is 1.92 bits per heavy atom. The van der Waals surface area contributed by atoms with Crippen LogP contribution in [0.3, 0.4) is 0 Å². The average Bonchev–Trinajstić information content (AvgIpc) is 2.80. The molecule has 2 unspecified atom stereocenters. The Morgan fingerprint density at radius 3 is 2.46 bits per heavy atom. The summed E-state index contributed by atoms with van der Waals surface area (Å²) in [5, 5.41) is 8.41. The van der Waals surface area contributed by atoms with Gasteiger partial charge in [-0.25, -0.2) is 0 Å². The molecule has 0 spiro atoms. The van der Waals surface area contributed by atoms with E-state index in [-0.39, 0.29) is 6.42 Å². The molecule has 0 bridgehead atoms. The quantitative estimate of drug-likeness (QED) is 0.620. The van der Waals surface area contributed by atoms with Gasteiger partial charge in [-0.1, -0.05) is 19.8 Å². The van der Waals surface area contributed by atoms with E-state index in [1.807, 2.05) is 0 Å². The molecule has 1 saturated heterocycles. The highest BCUT2D eigenvalue weighted by molar-refractivity contribution is 5.66. The fourth-order valence-electron chi connectivity index (χ4n) is 1.55. The van der Waals surface area contributed by atoms with Crippen molar-refractivity contribution in [2.24, 2.45) is 0 Å². The van der Waals surface area contributed by atoms with E-state index in [1.54, 1.807) is 0 Å². The molecule has 0 amide bonds. The molecule has 3 heteroatoms. The molecule has 76 valence electrons. The normalized spacial score (nSPS) is 25.9. The molecule has 1 N–H and O–H groups in total. The number of carboxylic acids is 1. The molecule has 1 aliphatic rings. The van der Waals surface area contributed by atoms with Crippen molar-refractivity contribution in [1.29, 1.82) is 0 Å². The monoisotopic (exact) mass is 186 g/mol. The van der Waals surface area contributed by atoms with Crippen molar-refractivity contribution in [2.75, 3.05) is 0 Å². The predicted octanol–water partition coefficient (Wildman–Crippen LogP) is 2.20. The maximum Gasteiger partial charge on any atom is 0.303 e. The van der Waals surface area contributed by atoms with E-state index in [1.165, 1.54) is 12.8 Å². The number of epoxide rings is 1. The van der Waals surface area contributed by atoms with Crippen molar-refractivity contribution in [2.45, 2.75) is 57.7 Å². The molecule has 0 aliphatic carbocycles. The van der Waals surface area contributed by atoms with Gasteiger partial charge in [0.05, 0.1) is 12.2 Å². The third-order valence-corrected chi connectivity index (χ3v) is 2.41. The molecule has 2 atom stereocenters. The first kappa shape index (κ1) is 10.5. The zero-order valence-corrected chi connectivity index (χ0v) is 8.16. The van der Waals surface area contributed by atoms with Gasteiger partial charge in [-0.2, -0.15) is 0 Å². The number of unbranched alkanes of at least 4 members (excludes halogenated alkanes) is 1. The fourth-order valence-corrected chi connectivity index (χ4v) is 1.55. The molecule has 0 saturated carbocycles. The smallest absolute Gasteiger partial charge is 0.303 e. The topological polar surface area (TPSA) is 49.8 Å². The lowest BCUT2D eigenvalue weighted by molar-refractivity contribution is -0.137. The summed E-state index contributed by atoms with van der Waals surface area (Å²) >= 11 is 0. The van der Waals surface area contributed by atoms with Crippen LogP contribution in [0, 0.1) is 0 Å². The molecule has 0 aromatic rings. The van der Waals surface area contributed by atoms with E-state index < -0.39 is 5.97 Å². The summed E-state index contributed by atoms with van der Waals surface area (Å²) in [5.74, 6) is -0.703. The first-order valence-corrected chi connectivity index (χ1v) is 5.11. The Kier molecular flexibility index (Phi) is 4.22. The van der Waals surface area contributed by atoms with Crippen LogP contribution in [0.15, 0.2) is 0 Å². The van der Waals surface area contributed by atoms with Gasteiger partial charge in [-0.15, -0.1) is 0 Å². The minimum absolute atomic E-state index is 0.278. The van der Waals surface area contributed by atoms with Crippen molar-refractivity contribution in [3.8, 4) is 0 Å². The molecule has 0 aromatic heterocycles. The van der Waals surface area contributed by atoms with Crippen LogP contribution in [0.5, 0.6) is 0 Å². The van der Waals surface area contributed by atoms with Crippen molar-refractivity contribution in [3.05, 3.63) is 0 Å². The van der Waals surface area contributed by atoms with Gasteiger partial charge in [0.15, 0.2) is 0 Å². The summed E-state index contributed by atoms with van der Waals surface area (Å²) in [4.78, 5) is 10.2. The summed E-state index contributed by atoms with van der Waals surface area (Å²) in [5.41, 5.74) is 0. The number of ether oxygens (including phenoxy) is 1. The Hall–Kier alpha value is -0.570. The second-order valence-electron chi connectivity index (χ2n) is 3.64. The van der Waals surface area contributed by atoms with Crippen LogP contribution in [0.1, 0.15) is 45.4 Å². The number of rotatable bonds is 7. The van der Waals surface area contributed by atoms with Crippen LogP contribution in [0.4, 0.5) is 0 Å². The average molecular weight is 186 g/mol. The number of hydrogen-bond donors (Lipinski definition) is 1. The van der Waals surface area contributed by atoms with Gasteiger partial charge in [0.2, 0.25) is 0 Å². The number of carboxylic acid groups (broad SMARTS) is 1. The van der Waals surface area contributed by atoms with Crippen molar-refractivity contribution in [1.82, 2.24) is 0 Å². The SMILES string of the molecule is CCCCC1OC1CCCC(=O)O. The van der Waals surface area contributed by atoms with Gasteiger partial charge in [-0.05, 0) is 19.3 Å². The van der Waals surface area contributed by atoms with E-state index in [9.17, 15) is 4.79 Å². The summed E-state index contributed by atoms with van der Waals surface area (Å²) in [6, 6.07) is 0. The van der Waals surface area contributed by atoms with Crippen molar-refractivity contribution in [3.63, 3.8) is 0 Å². The van der Waals surface area contributed by atoms with E-state index in [4.69, 9.17) is 9.84 Å². The van der Waals surface area contributed by atoms with E-state index in [0.717, 1.165) is 19.3 Å². The van der Waals surface area contributed by atoms with Gasteiger partial charge in [-0.3, -0.25) is 4.79 Å². The fraction of sp³-hybridized carbons (Fsp3) is 0.900. The molecular weight excluding hydrogens is 168 g/mol. The molecule has 1 heterocycles. The third-order valence-electron chi connectivity index (χ3n) is 2.41. The Balaban J connectivity index is 1.92. The zero-order valence-electron chi connectivity index (χ0n) is 8.16. The largest absolute Gasteiger partial charge is 0.481 e. The molecule has 1 fully saturated rings. The number of carbonyl (C=O) groups is 1. The van der Waals surface area contributed by atoms with E-state index in [2.05, 4.69) is 6.92 Å². The van der Waals surface area contributed by atoms with Crippen LogP contribution < -0.4 is 0 Å². The van der Waals surface area contributed by atoms with Crippen molar-refractivity contribution >= 4 is 5.97 Å². The molecule has 13 heavy (non-hydrogen) atoms. The van der Waals surface area contributed by atoms with Gasteiger partial charge in [0.1, 0.15) is 0 Å². The minimum Gasteiger partial charge on any atom is -0.481 e. The summed E-state index contributed by atoms with van der Waals surface area (Å²) < 4.78 is 5.41. The first-order valence-electron chi connectivity index (χ1n) is 5.11. The van der Waals surface area contributed by atoms with Gasteiger partial charge in [0, 0.05) is 6.42 Å². The Labute approximate surface area is 79.1 Å². The first-order chi connectivity index (χ1) is 6.24. The number of aliphatic carboxylic acids is 1. The highest BCUT2D eigenvalue weighted by Gasteiger charge is 2.36. The maximum atomic E-state index is 10.2. The highest BCUT2D eigenvalue weighted by atomic mass is 16.6. The summed E-state index contributed by atoms with van der Waals surface area (Å²) in [6.45, 7) is 2.17. The second-order valence-corrected chi connectivity index (χ2v) is 3.64. The highest BCUT2D eigenvalue weighted by Crippen LogP contribution is 2.30. The lowest BCUT2D eigenvalue weighted by Gasteiger charge is -1.93. The minimum atomic E-state index is -0.703. The Bertz CT molecular complexity index is 168. The van der Waals surface area contributed by atoms with Crippen LogP contribution in [-0.2, 0) is 9.53 Å². The van der Waals surface area contributed by atoms with Crippen LogP contribution >= 0.6 is 0 Å². The van der Waals surface area contributed by atoms with Gasteiger partial charge >= 0.3 is 5.97 Å². The van der Waals surface area contributed by atoms with Gasteiger partial charge in [0.25, 0.3) is 0 Å². The summed E-state index contributed by atoms with van der Waals surface area (Å²) in [7, 11) is 0. The standard InChI is InChI=1S/C10H18O3/c1-2-3-5-8-9(13-8)6-4-7-10(11)12/h8-9H,2-7H2,1H3,(H,11,12). The van der Waals surface area contributed by atoms with E-state index >= 15 is 0 Å². The molecule has 0 radical (unpaired) electrons. The molecular formula is C10H18O3. The number of hydrogen-bond acceptors (Lipinski definition) is 2. The lowest BCUT2D eigenvalue weighted by atomic mass is 10.1. The van der Waals surface area contributed by atoms with Crippen molar-refractivity contribution < 1.29 is 14.6 Å². The Morgan fingerprint density at radius 1 is 1.31 bits per heavy atom. The zero-order chi connectivity index (χ0) is 9.68. The van der Waals surface area contributed by atoms with Crippen LogP contribution in [-0.4, -0.2) is 23.3 Å². The molecule has 1 rings (SSSR count). The molecule has 0 aromatic carbocycles. The summed E-state index contributed by atoms with van der Waals surface area (Å²) in [6.07, 6.45) is 6.33. The van der Waals surface area contributed by atoms with Crippen LogP contribution in [0.25, 0.3) is 0 Å². The predicted molar refractivity (Wildman–Crippen MR) is 49.7 cm³/mol.